The van der Waals surface area contributed by atoms with Crippen LogP contribution in [0.1, 0.15) is 0 Å². The number of nitrogens with one attached hydrogen (secondary N) is 3. The van der Waals surface area contributed by atoms with Gasteiger partial charge >= 0.3 is 6.03 Å². The second kappa shape index (κ2) is 7.82. The van der Waals surface area contributed by atoms with Crippen molar-refractivity contribution in [1.82, 2.24) is 30.0 Å². The Balaban J connectivity index is 1.43. The average Bonchev–Trinajstić information content (AvgIpc) is 3.10. The van der Waals surface area contributed by atoms with Gasteiger partial charge in [-0.05, 0) is 30.3 Å². The fourth-order valence-electron chi connectivity index (χ4n) is 3.73. The molecule has 10 nitrogen and oxygen atoms in total. The summed E-state index contributed by atoms with van der Waals surface area (Å²) in [6.07, 6.45) is 3.57. The maximum absolute atomic E-state index is 12.8. The van der Waals surface area contributed by atoms with Crippen molar-refractivity contribution in [1.29, 1.82) is 0 Å². The summed E-state index contributed by atoms with van der Waals surface area (Å²) in [4.78, 5) is 36.9. The molecule has 1 aliphatic rings. The normalized spacial score (nSPS) is 14.7. The third-order valence-corrected chi connectivity index (χ3v) is 5.21. The number of ether oxygens (including phenoxy) is 1. The molecule has 1 aliphatic heterocycles. The van der Waals surface area contributed by atoms with Gasteiger partial charge in [0, 0.05) is 49.2 Å². The number of hydrogen-bond acceptors (Lipinski definition) is 6. The van der Waals surface area contributed by atoms with E-state index in [0.29, 0.717) is 48.7 Å². The van der Waals surface area contributed by atoms with E-state index in [9.17, 15) is 9.59 Å². The van der Waals surface area contributed by atoms with Crippen LogP contribution in [0.25, 0.3) is 33.3 Å². The maximum Gasteiger partial charge on any atom is 0.333 e. The minimum absolute atomic E-state index is 0.307. The van der Waals surface area contributed by atoms with Crippen molar-refractivity contribution >= 4 is 33.8 Å². The molecule has 3 N–H and O–H groups in total. The summed E-state index contributed by atoms with van der Waals surface area (Å²) in [5, 5.41) is 5.44. The molecule has 1 aromatic carbocycles. The van der Waals surface area contributed by atoms with Crippen LogP contribution in [-0.2, 0) is 11.8 Å². The summed E-state index contributed by atoms with van der Waals surface area (Å²) >= 11 is 0. The van der Waals surface area contributed by atoms with Crippen molar-refractivity contribution in [2.24, 2.45) is 7.05 Å². The number of aryl methyl sites for hydroxylation is 1. The molecule has 5 rings (SSSR count). The first-order valence-electron chi connectivity index (χ1n) is 9.93. The van der Waals surface area contributed by atoms with E-state index in [1.54, 1.807) is 29.4 Å². The number of hydrazine groups is 1. The van der Waals surface area contributed by atoms with Crippen LogP contribution in [0.2, 0.25) is 0 Å². The highest BCUT2D eigenvalue weighted by Crippen LogP contribution is 2.26. The van der Waals surface area contributed by atoms with Crippen molar-refractivity contribution in [3.05, 3.63) is 53.1 Å². The number of carbonyl (C=O) groups excluding carboxylic acids is 1. The van der Waals surface area contributed by atoms with E-state index in [0.717, 1.165) is 16.6 Å². The van der Waals surface area contributed by atoms with Gasteiger partial charge in [-0.15, -0.1) is 0 Å². The third-order valence-electron chi connectivity index (χ3n) is 5.21. The van der Waals surface area contributed by atoms with E-state index in [-0.39, 0.29) is 11.6 Å². The molecule has 0 radical (unpaired) electrons. The molecule has 4 heterocycles. The number of urea groups is 1. The maximum atomic E-state index is 12.8. The van der Waals surface area contributed by atoms with E-state index >= 15 is 0 Å². The summed E-state index contributed by atoms with van der Waals surface area (Å²) in [6.45, 7) is 2.43. The number of pyridine rings is 1. The van der Waals surface area contributed by atoms with Crippen LogP contribution in [0, 0.1) is 0 Å². The lowest BCUT2D eigenvalue weighted by atomic mass is 10.1. The first kappa shape index (κ1) is 19.2. The Hall–Kier alpha value is -3.76. The Morgan fingerprint density at radius 1 is 1.23 bits per heavy atom. The lowest BCUT2D eigenvalue weighted by Gasteiger charge is -2.26. The van der Waals surface area contributed by atoms with Crippen molar-refractivity contribution in [2.75, 3.05) is 31.6 Å². The van der Waals surface area contributed by atoms with Crippen molar-refractivity contribution in [3.8, 4) is 11.3 Å². The topological polar surface area (TPSA) is 117 Å². The number of aromatic amines is 1. The highest BCUT2D eigenvalue weighted by Gasteiger charge is 2.16. The van der Waals surface area contributed by atoms with Crippen LogP contribution in [0.3, 0.4) is 0 Å². The van der Waals surface area contributed by atoms with Gasteiger partial charge in [-0.2, -0.15) is 0 Å². The number of carbonyl (C=O) groups is 1. The monoisotopic (exact) mass is 419 g/mol. The number of aromatic nitrogens is 4. The van der Waals surface area contributed by atoms with Crippen LogP contribution < -0.4 is 16.3 Å². The number of amides is 2. The predicted octanol–water partition coefficient (Wildman–Crippen LogP) is 1.85. The summed E-state index contributed by atoms with van der Waals surface area (Å²) in [5.74, 6) is 0. The number of morpholine rings is 1. The van der Waals surface area contributed by atoms with Gasteiger partial charge in [-0.25, -0.2) is 19.8 Å². The molecule has 0 aliphatic carbocycles. The van der Waals surface area contributed by atoms with Crippen molar-refractivity contribution < 1.29 is 9.53 Å². The van der Waals surface area contributed by atoms with Crippen LogP contribution >= 0.6 is 0 Å². The summed E-state index contributed by atoms with van der Waals surface area (Å²) in [7, 11) is 1.88. The van der Waals surface area contributed by atoms with E-state index in [1.165, 1.54) is 0 Å². The van der Waals surface area contributed by atoms with Crippen LogP contribution in [0.15, 0.2) is 47.5 Å². The number of H-pyrrole nitrogens is 1. The molecule has 158 valence electrons. The van der Waals surface area contributed by atoms with Gasteiger partial charge in [0.1, 0.15) is 11.3 Å². The Labute approximate surface area is 176 Å². The number of rotatable bonds is 3. The third kappa shape index (κ3) is 3.74. The van der Waals surface area contributed by atoms with E-state index in [2.05, 4.69) is 25.7 Å². The van der Waals surface area contributed by atoms with Crippen LogP contribution in [-0.4, -0.2) is 56.9 Å². The Bertz CT molecular complexity index is 1340. The minimum Gasteiger partial charge on any atom is -0.379 e. The average molecular weight is 419 g/mol. The number of hydrogen-bond donors (Lipinski definition) is 3. The molecule has 0 spiro atoms. The molecule has 0 saturated carbocycles. The molecule has 3 aromatic heterocycles. The summed E-state index contributed by atoms with van der Waals surface area (Å²) in [5.41, 5.74) is 6.02. The first-order chi connectivity index (χ1) is 15.1. The molecule has 0 atom stereocenters. The van der Waals surface area contributed by atoms with Gasteiger partial charge in [-0.3, -0.25) is 10.2 Å². The zero-order valence-electron chi connectivity index (χ0n) is 16.9. The molecule has 2 amide bonds. The standard InChI is InChI=1S/C21H21N7O3/c1-27-12-15(14-3-2-6-22-19(14)27)18-20(29)25-17-11-13(4-5-16(17)24-18)23-21(30)26-28-7-9-31-10-8-28/h2-6,11-12H,7-10H2,1H3,(H,25,29)(H2,23,26,30). The number of nitrogens with zero attached hydrogens (tertiary/aromatic N) is 4. The van der Waals surface area contributed by atoms with E-state index in [1.807, 2.05) is 29.9 Å². The number of anilines is 1. The zero-order valence-corrected chi connectivity index (χ0v) is 16.9. The molecule has 1 saturated heterocycles. The fourth-order valence-corrected chi connectivity index (χ4v) is 3.73. The SMILES string of the molecule is Cn1cc(-c2nc3ccc(NC(=O)NN4CCOCC4)cc3[nH]c2=O)c2cccnc21. The number of fused-ring (bicyclic) bond motifs is 2. The van der Waals surface area contributed by atoms with Crippen LogP contribution in [0.4, 0.5) is 10.5 Å². The molecule has 4 aromatic rings. The quantitative estimate of drug-likeness (QED) is 0.467. The van der Waals surface area contributed by atoms with Gasteiger partial charge in [0.05, 0.1) is 24.2 Å². The van der Waals surface area contributed by atoms with Gasteiger partial charge < -0.3 is 19.6 Å². The lowest BCUT2D eigenvalue weighted by molar-refractivity contribution is 0.0207. The first-order valence-corrected chi connectivity index (χ1v) is 9.93. The predicted molar refractivity (Wildman–Crippen MR) is 117 cm³/mol. The molecule has 1 fully saturated rings. The van der Waals surface area contributed by atoms with Crippen molar-refractivity contribution in [3.63, 3.8) is 0 Å². The largest absolute Gasteiger partial charge is 0.379 e. The Morgan fingerprint density at radius 3 is 2.90 bits per heavy atom. The minimum atomic E-state index is -0.351. The van der Waals surface area contributed by atoms with Crippen LogP contribution in [0.5, 0.6) is 0 Å². The summed E-state index contributed by atoms with van der Waals surface area (Å²) < 4.78 is 7.14. The van der Waals surface area contributed by atoms with E-state index in [4.69, 9.17) is 4.74 Å². The molecule has 10 heteroatoms. The molecule has 31 heavy (non-hydrogen) atoms. The summed E-state index contributed by atoms with van der Waals surface area (Å²) in [6, 6.07) is 8.61. The number of benzene rings is 1. The van der Waals surface area contributed by atoms with Gasteiger partial charge in [0.15, 0.2) is 0 Å². The van der Waals surface area contributed by atoms with Gasteiger partial charge in [0.2, 0.25) is 0 Å². The fraction of sp³-hybridized carbons (Fsp3) is 0.238. The molecule has 0 unspecified atom stereocenters. The lowest BCUT2D eigenvalue weighted by Crippen LogP contribution is -2.49. The van der Waals surface area contributed by atoms with Gasteiger partial charge in [0.25, 0.3) is 5.56 Å². The second-order valence-corrected chi connectivity index (χ2v) is 7.34. The molecule has 0 bridgehead atoms. The van der Waals surface area contributed by atoms with Gasteiger partial charge in [-0.1, -0.05) is 0 Å². The Kier molecular flexibility index (Phi) is 4.85. The van der Waals surface area contributed by atoms with Crippen molar-refractivity contribution in [2.45, 2.75) is 0 Å². The van der Waals surface area contributed by atoms with E-state index < -0.39 is 0 Å². The molecular formula is C21H21N7O3. The molecular weight excluding hydrogens is 398 g/mol. The Morgan fingerprint density at radius 2 is 2.06 bits per heavy atom. The second-order valence-electron chi connectivity index (χ2n) is 7.34. The smallest absolute Gasteiger partial charge is 0.333 e. The highest BCUT2D eigenvalue weighted by molar-refractivity contribution is 5.95. The zero-order chi connectivity index (χ0) is 21.4. The highest BCUT2D eigenvalue weighted by atomic mass is 16.5.